The standard InChI is InChI=1S/C24H32BrN5O/c1-15-14-16(8-13-20(15)25)23(31)26-17-9-11-18(12-10-17)27-24-28-21-7-5-4-6-19(21)22(29-24)30(2)3/h8,13-14,17-18H,4-7,9-12H2,1-3H3,(H,26,31)(H,27,28,29). The number of aryl methyl sites for hydroxylation is 2. The Bertz CT molecular complexity index is 953. The third-order valence-electron chi connectivity index (χ3n) is 6.40. The van der Waals surface area contributed by atoms with Crippen molar-refractivity contribution in [2.24, 2.45) is 0 Å². The van der Waals surface area contributed by atoms with E-state index in [2.05, 4.69) is 45.6 Å². The molecule has 0 radical (unpaired) electrons. The second-order valence-electron chi connectivity index (χ2n) is 9.03. The van der Waals surface area contributed by atoms with Gasteiger partial charge < -0.3 is 15.5 Å². The average Bonchev–Trinajstić information content (AvgIpc) is 2.76. The first-order chi connectivity index (χ1) is 14.9. The summed E-state index contributed by atoms with van der Waals surface area (Å²) in [6, 6.07) is 6.31. The van der Waals surface area contributed by atoms with Gasteiger partial charge >= 0.3 is 0 Å². The fourth-order valence-corrected chi connectivity index (χ4v) is 4.87. The van der Waals surface area contributed by atoms with Crippen molar-refractivity contribution in [1.82, 2.24) is 15.3 Å². The number of amides is 1. The lowest BCUT2D eigenvalue weighted by molar-refractivity contribution is 0.0926. The fourth-order valence-electron chi connectivity index (χ4n) is 4.63. The molecule has 2 aliphatic carbocycles. The molecule has 0 bridgehead atoms. The molecule has 166 valence electrons. The van der Waals surface area contributed by atoms with Crippen LogP contribution in [0.15, 0.2) is 22.7 Å². The summed E-state index contributed by atoms with van der Waals surface area (Å²) in [5.41, 5.74) is 4.32. The molecule has 0 spiro atoms. The summed E-state index contributed by atoms with van der Waals surface area (Å²) in [4.78, 5) is 24.4. The molecule has 6 nitrogen and oxygen atoms in total. The first kappa shape index (κ1) is 22.1. The molecule has 2 aliphatic rings. The van der Waals surface area contributed by atoms with Crippen LogP contribution in [0.1, 0.15) is 65.7 Å². The summed E-state index contributed by atoms with van der Waals surface area (Å²) in [6.45, 7) is 2.00. The van der Waals surface area contributed by atoms with Gasteiger partial charge in [0.1, 0.15) is 5.82 Å². The molecular weight excluding hydrogens is 454 g/mol. The highest BCUT2D eigenvalue weighted by Crippen LogP contribution is 2.29. The van der Waals surface area contributed by atoms with E-state index in [1.54, 1.807) is 0 Å². The van der Waals surface area contributed by atoms with Gasteiger partial charge in [0.2, 0.25) is 5.95 Å². The highest BCUT2D eigenvalue weighted by Gasteiger charge is 2.25. The zero-order valence-corrected chi connectivity index (χ0v) is 20.3. The van der Waals surface area contributed by atoms with E-state index < -0.39 is 0 Å². The van der Waals surface area contributed by atoms with E-state index in [9.17, 15) is 4.79 Å². The number of aromatic nitrogens is 2. The van der Waals surface area contributed by atoms with Crippen molar-refractivity contribution in [3.63, 3.8) is 0 Å². The minimum atomic E-state index is 0.0145. The minimum absolute atomic E-state index is 0.0145. The van der Waals surface area contributed by atoms with Crippen molar-refractivity contribution >= 4 is 33.6 Å². The average molecular weight is 486 g/mol. The van der Waals surface area contributed by atoms with Gasteiger partial charge in [-0.15, -0.1) is 0 Å². The number of nitrogens with one attached hydrogen (secondary N) is 2. The molecule has 1 aromatic heterocycles. The van der Waals surface area contributed by atoms with E-state index in [1.807, 2.05) is 25.1 Å². The van der Waals surface area contributed by atoms with E-state index in [1.165, 1.54) is 24.1 Å². The number of anilines is 2. The van der Waals surface area contributed by atoms with Crippen LogP contribution >= 0.6 is 15.9 Å². The zero-order valence-electron chi connectivity index (χ0n) is 18.7. The molecule has 2 aromatic rings. The molecular formula is C24H32BrN5O. The maximum Gasteiger partial charge on any atom is 0.251 e. The maximum atomic E-state index is 12.6. The number of carbonyl (C=O) groups is 1. The van der Waals surface area contributed by atoms with Crippen LogP contribution in [0.3, 0.4) is 0 Å². The Morgan fingerprint density at radius 1 is 1.06 bits per heavy atom. The molecule has 7 heteroatoms. The molecule has 1 saturated carbocycles. The van der Waals surface area contributed by atoms with Crippen LogP contribution in [0.5, 0.6) is 0 Å². The SMILES string of the molecule is Cc1cc(C(=O)NC2CCC(Nc3nc4c(c(N(C)C)n3)CCCC4)CC2)ccc1Br. The van der Waals surface area contributed by atoms with Crippen molar-refractivity contribution in [3.05, 3.63) is 45.1 Å². The normalized spacial score (nSPS) is 20.6. The summed E-state index contributed by atoms with van der Waals surface area (Å²) < 4.78 is 1.03. The molecule has 31 heavy (non-hydrogen) atoms. The Labute approximate surface area is 193 Å². The summed E-state index contributed by atoms with van der Waals surface area (Å²) in [5, 5.41) is 6.79. The number of fused-ring (bicyclic) bond motifs is 1. The molecule has 1 amide bonds. The molecule has 1 aromatic carbocycles. The number of hydrogen-bond donors (Lipinski definition) is 2. The van der Waals surface area contributed by atoms with Crippen molar-refractivity contribution in [2.75, 3.05) is 24.3 Å². The Morgan fingerprint density at radius 2 is 1.77 bits per heavy atom. The Balaban J connectivity index is 1.34. The number of nitrogens with zero attached hydrogens (tertiary/aromatic N) is 3. The molecule has 0 aliphatic heterocycles. The van der Waals surface area contributed by atoms with E-state index >= 15 is 0 Å². The second kappa shape index (κ2) is 9.55. The largest absolute Gasteiger partial charge is 0.362 e. The zero-order chi connectivity index (χ0) is 22.0. The molecule has 0 saturated heterocycles. The van der Waals surface area contributed by atoms with Gasteiger partial charge in [-0.05, 0) is 82.1 Å². The van der Waals surface area contributed by atoms with Crippen LogP contribution in [0.25, 0.3) is 0 Å². The predicted molar refractivity (Wildman–Crippen MR) is 129 cm³/mol. The Hall–Kier alpha value is -2.15. The van der Waals surface area contributed by atoms with Crippen molar-refractivity contribution in [1.29, 1.82) is 0 Å². The summed E-state index contributed by atoms with van der Waals surface area (Å²) >= 11 is 3.49. The Morgan fingerprint density at radius 3 is 2.48 bits per heavy atom. The quantitative estimate of drug-likeness (QED) is 0.644. The van der Waals surface area contributed by atoms with Gasteiger partial charge in [0.25, 0.3) is 5.91 Å². The van der Waals surface area contributed by atoms with Gasteiger partial charge in [0, 0.05) is 41.8 Å². The van der Waals surface area contributed by atoms with Gasteiger partial charge in [-0.3, -0.25) is 4.79 Å². The van der Waals surface area contributed by atoms with Crippen LogP contribution in [-0.2, 0) is 12.8 Å². The van der Waals surface area contributed by atoms with Crippen LogP contribution < -0.4 is 15.5 Å². The van der Waals surface area contributed by atoms with Gasteiger partial charge in [-0.1, -0.05) is 15.9 Å². The molecule has 1 fully saturated rings. The van der Waals surface area contributed by atoms with Crippen molar-refractivity contribution < 1.29 is 4.79 Å². The fraction of sp³-hybridized carbons (Fsp3) is 0.542. The summed E-state index contributed by atoms with van der Waals surface area (Å²) in [5.74, 6) is 1.82. The van der Waals surface area contributed by atoms with Crippen LogP contribution in [0, 0.1) is 6.92 Å². The molecule has 4 rings (SSSR count). The van der Waals surface area contributed by atoms with Crippen LogP contribution in [0.2, 0.25) is 0 Å². The molecule has 1 heterocycles. The number of benzene rings is 1. The monoisotopic (exact) mass is 485 g/mol. The second-order valence-corrected chi connectivity index (χ2v) is 9.88. The lowest BCUT2D eigenvalue weighted by Crippen LogP contribution is -2.40. The number of halogens is 1. The van der Waals surface area contributed by atoms with E-state index in [4.69, 9.17) is 9.97 Å². The van der Waals surface area contributed by atoms with Gasteiger partial charge in [-0.25, -0.2) is 4.98 Å². The molecule has 2 N–H and O–H groups in total. The smallest absolute Gasteiger partial charge is 0.251 e. The lowest BCUT2D eigenvalue weighted by atomic mass is 9.91. The first-order valence-corrected chi connectivity index (χ1v) is 12.1. The van der Waals surface area contributed by atoms with Crippen molar-refractivity contribution in [2.45, 2.75) is 70.4 Å². The third-order valence-corrected chi connectivity index (χ3v) is 7.29. The molecule has 0 unspecified atom stereocenters. The highest BCUT2D eigenvalue weighted by molar-refractivity contribution is 9.10. The van der Waals surface area contributed by atoms with Crippen LogP contribution in [-0.4, -0.2) is 42.1 Å². The van der Waals surface area contributed by atoms with Gasteiger partial charge in [0.15, 0.2) is 0 Å². The van der Waals surface area contributed by atoms with Gasteiger partial charge in [0.05, 0.1) is 5.69 Å². The first-order valence-electron chi connectivity index (χ1n) is 11.3. The highest BCUT2D eigenvalue weighted by atomic mass is 79.9. The van der Waals surface area contributed by atoms with E-state index in [-0.39, 0.29) is 11.9 Å². The molecule has 0 atom stereocenters. The number of carbonyl (C=O) groups excluding carboxylic acids is 1. The van der Waals surface area contributed by atoms with Crippen molar-refractivity contribution in [3.8, 4) is 0 Å². The maximum absolute atomic E-state index is 12.6. The minimum Gasteiger partial charge on any atom is -0.362 e. The summed E-state index contributed by atoms with van der Waals surface area (Å²) in [6.07, 6.45) is 8.48. The number of hydrogen-bond acceptors (Lipinski definition) is 5. The number of rotatable bonds is 5. The third kappa shape index (κ3) is 5.20. The lowest BCUT2D eigenvalue weighted by Gasteiger charge is -2.30. The Kier molecular flexibility index (Phi) is 6.80. The van der Waals surface area contributed by atoms with E-state index in [0.717, 1.165) is 65.9 Å². The summed E-state index contributed by atoms with van der Waals surface area (Å²) in [7, 11) is 4.11. The van der Waals surface area contributed by atoms with E-state index in [0.29, 0.717) is 6.04 Å². The van der Waals surface area contributed by atoms with Gasteiger partial charge in [-0.2, -0.15) is 4.98 Å². The van der Waals surface area contributed by atoms with Crippen LogP contribution in [0.4, 0.5) is 11.8 Å². The predicted octanol–water partition coefficient (Wildman–Crippen LogP) is 4.65. The topological polar surface area (TPSA) is 70.2 Å².